The number of nitrogens with zero attached hydrogens (tertiary/aromatic N) is 1. The van der Waals surface area contributed by atoms with Crippen LogP contribution in [0.15, 0.2) is 27.8 Å². The van der Waals surface area contributed by atoms with Crippen molar-refractivity contribution in [3.8, 4) is 0 Å². The van der Waals surface area contributed by atoms with Gasteiger partial charge in [-0.1, -0.05) is 0 Å². The predicted octanol–water partition coefficient (Wildman–Crippen LogP) is 3.43. The average molecular weight is 417 g/mol. The Hall–Kier alpha value is -0.720. The van der Waals surface area contributed by atoms with E-state index in [0.29, 0.717) is 0 Å². The van der Waals surface area contributed by atoms with Gasteiger partial charge in [0.2, 0.25) is 0 Å². The molecule has 1 aromatic rings. The summed E-state index contributed by atoms with van der Waals surface area (Å²) in [5.41, 5.74) is 0. The second-order valence-corrected chi connectivity index (χ2v) is 6.31. The van der Waals surface area contributed by atoms with Crippen molar-refractivity contribution < 1.29 is 4.42 Å². The smallest absolute Gasteiger partial charge is 0.191 e. The highest BCUT2D eigenvalue weighted by atomic mass is 127. The first-order valence-corrected chi connectivity index (χ1v) is 8.41. The number of hydrogen-bond acceptors (Lipinski definition) is 2. The quantitative estimate of drug-likeness (QED) is 0.387. The highest BCUT2D eigenvalue weighted by molar-refractivity contribution is 14.0. The number of hydrogen-bond donors (Lipinski definition) is 2. The summed E-state index contributed by atoms with van der Waals surface area (Å²) in [6, 6.07) is 3.95. The van der Waals surface area contributed by atoms with Crippen LogP contribution >= 0.6 is 24.0 Å². The number of nitrogens with one attached hydrogen (secondary N) is 2. The Kier molecular flexibility index (Phi) is 7.05. The zero-order valence-electron chi connectivity index (χ0n) is 13.4. The molecule has 0 aliphatic heterocycles. The fourth-order valence-corrected chi connectivity index (χ4v) is 3.03. The molecule has 0 radical (unpaired) electrons. The molecule has 1 heterocycles. The van der Waals surface area contributed by atoms with Crippen LogP contribution in [0.2, 0.25) is 0 Å². The van der Waals surface area contributed by atoms with Crippen LogP contribution in [-0.4, -0.2) is 25.6 Å². The summed E-state index contributed by atoms with van der Waals surface area (Å²) in [5, 5.41) is 6.76. The fraction of sp³-hybridized carbons (Fsp3) is 0.706. The van der Waals surface area contributed by atoms with Crippen molar-refractivity contribution in [2.45, 2.75) is 39.0 Å². The van der Waals surface area contributed by atoms with Crippen LogP contribution in [0.1, 0.15) is 38.4 Å². The molecule has 0 bridgehead atoms. The summed E-state index contributed by atoms with van der Waals surface area (Å²) in [6.07, 6.45) is 8.34. The standard InChI is InChI=1S/C17H27N3O.HI/c1-2-18-17(19-10-9-15-4-3-11-21-15)20-12-16(13-5-6-13)14-7-8-14;/h3-4,11,13-14,16H,2,5-10,12H2,1H3,(H2,18,19,20);1H. The third kappa shape index (κ3) is 5.48. The third-order valence-corrected chi connectivity index (χ3v) is 4.50. The highest BCUT2D eigenvalue weighted by Gasteiger charge is 2.41. The molecular weight excluding hydrogens is 389 g/mol. The van der Waals surface area contributed by atoms with Crippen LogP contribution in [0.4, 0.5) is 0 Å². The normalized spacial score (nSPS) is 18.2. The first kappa shape index (κ1) is 17.6. The minimum absolute atomic E-state index is 0. The van der Waals surface area contributed by atoms with Gasteiger partial charge < -0.3 is 15.1 Å². The summed E-state index contributed by atoms with van der Waals surface area (Å²) in [7, 11) is 0. The SMILES string of the molecule is CCNC(=NCC(C1CC1)C1CC1)NCCc1ccco1.I. The fourth-order valence-electron chi connectivity index (χ4n) is 3.03. The van der Waals surface area contributed by atoms with Gasteiger partial charge in [-0.2, -0.15) is 0 Å². The van der Waals surface area contributed by atoms with Crippen LogP contribution in [-0.2, 0) is 6.42 Å². The topological polar surface area (TPSA) is 49.6 Å². The van der Waals surface area contributed by atoms with Gasteiger partial charge in [-0.25, -0.2) is 0 Å². The minimum atomic E-state index is 0. The second-order valence-electron chi connectivity index (χ2n) is 6.31. The molecule has 2 saturated carbocycles. The first-order chi connectivity index (χ1) is 10.4. The van der Waals surface area contributed by atoms with E-state index in [1.807, 2.05) is 12.1 Å². The summed E-state index contributed by atoms with van der Waals surface area (Å²) in [5.74, 6) is 4.74. The van der Waals surface area contributed by atoms with Crippen molar-refractivity contribution >= 4 is 29.9 Å². The lowest BCUT2D eigenvalue weighted by atomic mass is 9.98. The van der Waals surface area contributed by atoms with E-state index >= 15 is 0 Å². The molecule has 0 spiro atoms. The van der Waals surface area contributed by atoms with Crippen molar-refractivity contribution in [2.75, 3.05) is 19.6 Å². The van der Waals surface area contributed by atoms with E-state index in [4.69, 9.17) is 9.41 Å². The molecule has 5 heteroatoms. The number of furan rings is 1. The molecular formula is C17H28IN3O. The van der Waals surface area contributed by atoms with Crippen molar-refractivity contribution in [3.05, 3.63) is 24.2 Å². The summed E-state index contributed by atoms with van der Waals surface area (Å²) >= 11 is 0. The maximum absolute atomic E-state index is 5.35. The maximum Gasteiger partial charge on any atom is 0.191 e. The number of rotatable bonds is 8. The van der Waals surface area contributed by atoms with Gasteiger partial charge in [0, 0.05) is 26.1 Å². The Morgan fingerprint density at radius 1 is 1.27 bits per heavy atom. The Morgan fingerprint density at radius 2 is 2.00 bits per heavy atom. The number of aliphatic imine (C=N–C) groups is 1. The van der Waals surface area contributed by atoms with Crippen molar-refractivity contribution in [2.24, 2.45) is 22.7 Å². The predicted molar refractivity (Wildman–Crippen MR) is 101 cm³/mol. The first-order valence-electron chi connectivity index (χ1n) is 8.41. The summed E-state index contributed by atoms with van der Waals surface area (Å²) in [6.45, 7) is 4.87. The van der Waals surface area contributed by atoms with Crippen LogP contribution < -0.4 is 10.6 Å². The van der Waals surface area contributed by atoms with Crippen molar-refractivity contribution in [1.82, 2.24) is 10.6 Å². The third-order valence-electron chi connectivity index (χ3n) is 4.50. The zero-order valence-corrected chi connectivity index (χ0v) is 15.7. The Morgan fingerprint density at radius 3 is 2.55 bits per heavy atom. The van der Waals surface area contributed by atoms with Crippen LogP contribution in [0.5, 0.6) is 0 Å². The van der Waals surface area contributed by atoms with Crippen molar-refractivity contribution in [1.29, 1.82) is 0 Å². The van der Waals surface area contributed by atoms with E-state index in [9.17, 15) is 0 Å². The van der Waals surface area contributed by atoms with Crippen LogP contribution in [0.3, 0.4) is 0 Å². The molecule has 124 valence electrons. The molecule has 2 aliphatic carbocycles. The Balaban J connectivity index is 0.00000176. The molecule has 22 heavy (non-hydrogen) atoms. The van der Waals surface area contributed by atoms with E-state index in [1.54, 1.807) is 6.26 Å². The largest absolute Gasteiger partial charge is 0.469 e. The monoisotopic (exact) mass is 417 g/mol. The van der Waals surface area contributed by atoms with Crippen molar-refractivity contribution in [3.63, 3.8) is 0 Å². The van der Waals surface area contributed by atoms with E-state index < -0.39 is 0 Å². The van der Waals surface area contributed by atoms with Crippen LogP contribution in [0.25, 0.3) is 0 Å². The van der Waals surface area contributed by atoms with Gasteiger partial charge in [0.05, 0.1) is 6.26 Å². The summed E-state index contributed by atoms with van der Waals surface area (Å²) < 4.78 is 5.35. The van der Waals surface area contributed by atoms with E-state index in [-0.39, 0.29) is 24.0 Å². The van der Waals surface area contributed by atoms with E-state index in [1.165, 1.54) is 25.7 Å². The minimum Gasteiger partial charge on any atom is -0.469 e. The molecule has 0 aromatic carbocycles. The second kappa shape index (κ2) is 8.79. The molecule has 3 rings (SSSR count). The van der Waals surface area contributed by atoms with Gasteiger partial charge in [0.15, 0.2) is 5.96 Å². The van der Waals surface area contributed by atoms with E-state index in [2.05, 4.69) is 17.6 Å². The highest BCUT2D eigenvalue weighted by Crippen LogP contribution is 2.49. The molecule has 2 N–H and O–H groups in total. The van der Waals surface area contributed by atoms with Gasteiger partial charge in [-0.15, -0.1) is 24.0 Å². The molecule has 2 fully saturated rings. The van der Waals surface area contributed by atoms with Gasteiger partial charge >= 0.3 is 0 Å². The van der Waals surface area contributed by atoms with Gasteiger partial charge in [-0.05, 0) is 62.5 Å². The molecule has 4 nitrogen and oxygen atoms in total. The molecule has 1 aromatic heterocycles. The lowest BCUT2D eigenvalue weighted by molar-refractivity contribution is 0.417. The molecule has 2 aliphatic rings. The van der Waals surface area contributed by atoms with Gasteiger partial charge in [-0.3, -0.25) is 4.99 Å². The molecule has 0 unspecified atom stereocenters. The van der Waals surface area contributed by atoms with Crippen LogP contribution in [0, 0.1) is 17.8 Å². The molecule has 0 amide bonds. The average Bonchev–Trinajstić information content (AvgIpc) is 3.41. The summed E-state index contributed by atoms with van der Waals surface area (Å²) in [4.78, 5) is 4.82. The van der Waals surface area contributed by atoms with Gasteiger partial charge in [0.25, 0.3) is 0 Å². The lowest BCUT2D eigenvalue weighted by Crippen LogP contribution is -2.38. The maximum atomic E-state index is 5.35. The lowest BCUT2D eigenvalue weighted by Gasteiger charge is -2.15. The Labute approximate surface area is 150 Å². The molecule has 0 saturated heterocycles. The van der Waals surface area contributed by atoms with E-state index in [0.717, 1.165) is 55.5 Å². The Bertz CT molecular complexity index is 440. The molecule has 0 atom stereocenters. The number of halogens is 1. The zero-order chi connectivity index (χ0) is 14.5. The van der Waals surface area contributed by atoms with Gasteiger partial charge in [0.1, 0.15) is 5.76 Å². The number of guanidine groups is 1.